The predicted molar refractivity (Wildman–Crippen MR) is 75.8 cm³/mol. The van der Waals surface area contributed by atoms with Crippen LogP contribution in [0.15, 0.2) is 24.3 Å². The maximum atomic E-state index is 13.1. The summed E-state index contributed by atoms with van der Waals surface area (Å²) in [4.78, 5) is 9.39. The van der Waals surface area contributed by atoms with Crippen LogP contribution in [0.2, 0.25) is 0 Å². The average molecular weight is 271 g/mol. The van der Waals surface area contributed by atoms with Crippen LogP contribution in [-0.2, 0) is 18.5 Å². The Hall–Kier alpha value is -1.81. The highest BCUT2D eigenvalue weighted by Crippen LogP contribution is 2.30. The molecule has 0 atom stereocenters. The third-order valence-electron chi connectivity index (χ3n) is 4.02. The number of benzene rings is 1. The quantitative estimate of drug-likeness (QED) is 0.912. The number of halogens is 1. The van der Waals surface area contributed by atoms with Crippen molar-refractivity contribution in [3.8, 4) is 0 Å². The number of hydrogen-bond acceptors (Lipinski definition) is 3. The summed E-state index contributed by atoms with van der Waals surface area (Å²) in [6, 6.07) is 6.58. The van der Waals surface area contributed by atoms with E-state index in [-0.39, 0.29) is 11.2 Å². The van der Waals surface area contributed by atoms with Crippen molar-refractivity contribution in [2.24, 2.45) is 0 Å². The van der Waals surface area contributed by atoms with Crippen LogP contribution in [0.4, 0.5) is 4.39 Å². The molecule has 1 aromatic heterocycles. The summed E-state index contributed by atoms with van der Waals surface area (Å²) >= 11 is 0. The Labute approximate surface area is 118 Å². The molecule has 2 aromatic rings. The summed E-state index contributed by atoms with van der Waals surface area (Å²) in [7, 11) is 0. The Bertz CT molecular complexity index is 648. The first-order valence-corrected chi connectivity index (χ1v) is 6.82. The number of rotatable bonds is 2. The Morgan fingerprint density at radius 3 is 2.50 bits per heavy atom. The lowest BCUT2D eigenvalue weighted by molar-refractivity contribution is 0.576. The fourth-order valence-electron chi connectivity index (χ4n) is 2.61. The van der Waals surface area contributed by atoms with Crippen molar-refractivity contribution < 1.29 is 4.39 Å². The lowest BCUT2D eigenvalue weighted by Crippen LogP contribution is -2.24. The van der Waals surface area contributed by atoms with Gasteiger partial charge in [-0.05, 0) is 38.5 Å². The lowest BCUT2D eigenvalue weighted by atomic mass is 9.83. The van der Waals surface area contributed by atoms with Gasteiger partial charge in [-0.1, -0.05) is 12.1 Å². The molecule has 1 aromatic carbocycles. The third kappa shape index (κ3) is 2.10. The van der Waals surface area contributed by atoms with E-state index in [4.69, 9.17) is 4.98 Å². The zero-order valence-corrected chi connectivity index (χ0v) is 12.0. The smallest absolute Gasteiger partial charge is 0.138 e. The second kappa shape index (κ2) is 4.63. The molecular formula is C16H18FN3. The van der Waals surface area contributed by atoms with Gasteiger partial charge in [-0.15, -0.1) is 0 Å². The van der Waals surface area contributed by atoms with Gasteiger partial charge < -0.3 is 5.32 Å². The van der Waals surface area contributed by atoms with Crippen LogP contribution in [0.3, 0.4) is 0 Å². The topological polar surface area (TPSA) is 37.8 Å². The van der Waals surface area contributed by atoms with Gasteiger partial charge in [0, 0.05) is 29.8 Å². The van der Waals surface area contributed by atoms with Crippen molar-refractivity contribution in [2.75, 3.05) is 0 Å². The van der Waals surface area contributed by atoms with Crippen molar-refractivity contribution in [1.82, 2.24) is 15.3 Å². The Balaban J connectivity index is 2.07. The van der Waals surface area contributed by atoms with Gasteiger partial charge in [0.2, 0.25) is 0 Å². The zero-order valence-electron chi connectivity index (χ0n) is 12.0. The van der Waals surface area contributed by atoms with Gasteiger partial charge in [-0.2, -0.15) is 0 Å². The van der Waals surface area contributed by atoms with Crippen LogP contribution in [0, 0.1) is 12.7 Å². The summed E-state index contributed by atoms with van der Waals surface area (Å²) in [5, 5.41) is 3.30. The number of aromatic nitrogens is 2. The van der Waals surface area contributed by atoms with Gasteiger partial charge in [0.1, 0.15) is 11.6 Å². The summed E-state index contributed by atoms with van der Waals surface area (Å²) in [5.74, 6) is 0.573. The Morgan fingerprint density at radius 1 is 1.10 bits per heavy atom. The van der Waals surface area contributed by atoms with E-state index in [1.807, 2.05) is 6.92 Å². The molecule has 4 heteroatoms. The predicted octanol–water partition coefficient (Wildman–Crippen LogP) is 2.85. The van der Waals surface area contributed by atoms with E-state index in [0.29, 0.717) is 0 Å². The van der Waals surface area contributed by atoms with Crippen LogP contribution in [-0.4, -0.2) is 9.97 Å². The maximum absolute atomic E-state index is 13.1. The maximum Gasteiger partial charge on any atom is 0.138 e. The van der Waals surface area contributed by atoms with Crippen molar-refractivity contribution in [2.45, 2.75) is 39.3 Å². The van der Waals surface area contributed by atoms with E-state index >= 15 is 0 Å². The first kappa shape index (κ1) is 13.2. The molecule has 0 fully saturated rings. The van der Waals surface area contributed by atoms with Crippen LogP contribution >= 0.6 is 0 Å². The molecule has 1 N–H and O–H groups in total. The van der Waals surface area contributed by atoms with Crippen molar-refractivity contribution in [3.63, 3.8) is 0 Å². The summed E-state index contributed by atoms with van der Waals surface area (Å²) in [6.07, 6.45) is 0. The Morgan fingerprint density at radius 2 is 1.80 bits per heavy atom. The molecule has 0 amide bonds. The van der Waals surface area contributed by atoms with Gasteiger partial charge in [0.25, 0.3) is 0 Å². The van der Waals surface area contributed by atoms with E-state index < -0.39 is 0 Å². The monoisotopic (exact) mass is 271 g/mol. The van der Waals surface area contributed by atoms with Crippen LogP contribution in [0.25, 0.3) is 0 Å². The van der Waals surface area contributed by atoms with Crippen molar-refractivity contribution >= 4 is 0 Å². The largest absolute Gasteiger partial charge is 0.307 e. The number of fused-ring (bicyclic) bond motifs is 1. The Kier molecular flexibility index (Phi) is 3.05. The van der Waals surface area contributed by atoms with Crippen LogP contribution in [0.1, 0.15) is 42.2 Å². The molecule has 1 aliphatic heterocycles. The molecule has 0 saturated carbocycles. The van der Waals surface area contributed by atoms with Crippen molar-refractivity contribution in [3.05, 3.63) is 58.4 Å². The third-order valence-corrected chi connectivity index (χ3v) is 4.02. The summed E-state index contributed by atoms with van der Waals surface area (Å²) < 4.78 is 13.1. The molecule has 1 aliphatic rings. The molecule has 2 heterocycles. The minimum Gasteiger partial charge on any atom is -0.307 e. The van der Waals surface area contributed by atoms with E-state index in [2.05, 4.69) is 24.1 Å². The summed E-state index contributed by atoms with van der Waals surface area (Å²) in [6.45, 7) is 7.81. The molecule has 0 saturated heterocycles. The zero-order chi connectivity index (χ0) is 14.3. The first-order chi connectivity index (χ1) is 9.48. The molecular weight excluding hydrogens is 253 g/mol. The number of hydrogen-bond donors (Lipinski definition) is 1. The molecule has 0 spiro atoms. The fourth-order valence-corrected chi connectivity index (χ4v) is 2.61. The molecule has 104 valence electrons. The average Bonchev–Trinajstić information content (AvgIpc) is 2.88. The molecule has 20 heavy (non-hydrogen) atoms. The number of aryl methyl sites for hydroxylation is 1. The lowest BCUT2D eigenvalue weighted by Gasteiger charge is -2.24. The normalized spacial score (nSPS) is 14.4. The molecule has 0 radical (unpaired) electrons. The highest BCUT2D eigenvalue weighted by molar-refractivity contribution is 5.35. The molecule has 3 rings (SSSR count). The first-order valence-electron chi connectivity index (χ1n) is 6.82. The SMILES string of the molecule is Cc1nc(C(C)(C)c2ccc(F)cc2)nc2c1CNC2. The van der Waals surface area contributed by atoms with Gasteiger partial charge in [-0.3, -0.25) is 0 Å². The fraction of sp³-hybridized carbons (Fsp3) is 0.375. The van der Waals surface area contributed by atoms with Gasteiger partial charge in [0.15, 0.2) is 0 Å². The minimum absolute atomic E-state index is 0.222. The van der Waals surface area contributed by atoms with Gasteiger partial charge >= 0.3 is 0 Å². The van der Waals surface area contributed by atoms with Crippen LogP contribution in [0.5, 0.6) is 0 Å². The molecule has 0 bridgehead atoms. The standard InChI is InChI=1S/C16H18FN3/c1-10-13-8-18-9-14(13)20-15(19-10)16(2,3)11-4-6-12(17)7-5-11/h4-7,18H,8-9H2,1-3H3. The van der Waals surface area contributed by atoms with Crippen molar-refractivity contribution in [1.29, 1.82) is 0 Å². The molecule has 0 unspecified atom stereocenters. The van der Waals surface area contributed by atoms with E-state index in [9.17, 15) is 4.39 Å². The van der Waals surface area contributed by atoms with E-state index in [1.54, 1.807) is 12.1 Å². The van der Waals surface area contributed by atoms with E-state index in [1.165, 1.54) is 17.7 Å². The highest BCUT2D eigenvalue weighted by Gasteiger charge is 2.29. The van der Waals surface area contributed by atoms with Gasteiger partial charge in [0.05, 0.1) is 5.69 Å². The molecule has 3 nitrogen and oxygen atoms in total. The van der Waals surface area contributed by atoms with E-state index in [0.717, 1.165) is 35.9 Å². The number of nitrogens with one attached hydrogen (secondary N) is 1. The number of nitrogens with zero attached hydrogens (tertiary/aromatic N) is 2. The second-order valence-electron chi connectivity index (χ2n) is 5.79. The van der Waals surface area contributed by atoms with Crippen LogP contribution < -0.4 is 5.32 Å². The highest BCUT2D eigenvalue weighted by atomic mass is 19.1. The van der Waals surface area contributed by atoms with Gasteiger partial charge in [-0.25, -0.2) is 14.4 Å². The second-order valence-corrected chi connectivity index (χ2v) is 5.79. The summed E-state index contributed by atoms with van der Waals surface area (Å²) in [5.41, 5.74) is 4.01. The molecule has 0 aliphatic carbocycles. The minimum atomic E-state index is -0.337.